The summed E-state index contributed by atoms with van der Waals surface area (Å²) >= 11 is 2.80. The monoisotopic (exact) mass is 466 g/mol. The third-order valence-corrected chi connectivity index (χ3v) is 5.48. The van der Waals surface area contributed by atoms with Gasteiger partial charge in [-0.1, -0.05) is 23.9 Å². The highest BCUT2D eigenvalue weighted by Gasteiger charge is 2.24. The normalized spacial score (nSPS) is 12.3. The predicted octanol–water partition coefficient (Wildman–Crippen LogP) is 4.74. The summed E-state index contributed by atoms with van der Waals surface area (Å²) in [5.74, 6) is 1.05. The van der Waals surface area contributed by atoms with Crippen molar-refractivity contribution in [1.29, 1.82) is 0 Å². The summed E-state index contributed by atoms with van der Waals surface area (Å²) < 4.78 is 11.0. The average molecular weight is 467 g/mol. The van der Waals surface area contributed by atoms with Crippen LogP contribution >= 0.6 is 23.5 Å². The van der Waals surface area contributed by atoms with Gasteiger partial charge in [0.05, 0.1) is 5.75 Å². The second-order valence-corrected chi connectivity index (χ2v) is 9.95. The number of carbonyl (C=O) groups is 2. The van der Waals surface area contributed by atoms with Gasteiger partial charge < -0.3 is 19.8 Å². The third kappa shape index (κ3) is 8.82. The van der Waals surface area contributed by atoms with E-state index in [1.54, 1.807) is 32.5 Å². The molecule has 0 saturated carbocycles. The molecular weight excluding hydrogens is 436 g/mol. The Kier molecular flexibility index (Phi) is 9.24. The number of anilines is 1. The zero-order valence-electron chi connectivity index (χ0n) is 18.8. The molecule has 170 valence electrons. The van der Waals surface area contributed by atoms with E-state index in [1.807, 2.05) is 38.3 Å². The number of nitrogens with zero attached hydrogens (tertiary/aromatic N) is 2. The van der Waals surface area contributed by atoms with E-state index in [0.717, 1.165) is 34.3 Å². The van der Waals surface area contributed by atoms with Crippen LogP contribution in [0.2, 0.25) is 0 Å². The lowest BCUT2D eigenvalue weighted by Crippen LogP contribution is -2.35. The summed E-state index contributed by atoms with van der Waals surface area (Å²) in [6.45, 7) is 9.32. The molecule has 0 aliphatic carbocycles. The lowest BCUT2D eigenvalue weighted by Gasteiger charge is -2.22. The Hall–Kier alpha value is -2.20. The van der Waals surface area contributed by atoms with Crippen LogP contribution in [-0.2, 0) is 9.53 Å². The van der Waals surface area contributed by atoms with E-state index in [0.29, 0.717) is 6.42 Å². The second kappa shape index (κ2) is 11.4. The van der Waals surface area contributed by atoms with Gasteiger partial charge in [-0.25, -0.2) is 4.79 Å². The number of carbonyl (C=O) groups excluding carboxylic acids is 2. The van der Waals surface area contributed by atoms with Crippen LogP contribution in [0.3, 0.4) is 0 Å². The van der Waals surface area contributed by atoms with Crippen LogP contribution in [0.5, 0.6) is 0 Å². The minimum Gasteiger partial charge on any atom is -0.444 e. The Labute approximate surface area is 191 Å². The molecule has 0 bridgehead atoms. The fourth-order valence-electron chi connectivity index (χ4n) is 2.55. The number of ether oxygens (including phenoxy) is 1. The van der Waals surface area contributed by atoms with Crippen molar-refractivity contribution in [2.45, 2.75) is 57.9 Å². The Bertz CT molecular complexity index is 896. The molecule has 2 rings (SSSR count). The molecule has 2 aromatic rings. The summed E-state index contributed by atoms with van der Waals surface area (Å²) in [5, 5.41) is 14.0. The van der Waals surface area contributed by atoms with E-state index < -0.39 is 17.7 Å². The van der Waals surface area contributed by atoms with Crippen LogP contribution < -0.4 is 10.6 Å². The number of nitrogens with one attached hydrogen (secondary N) is 2. The van der Waals surface area contributed by atoms with Crippen LogP contribution in [0.25, 0.3) is 0 Å². The van der Waals surface area contributed by atoms with Crippen molar-refractivity contribution in [1.82, 2.24) is 15.5 Å². The van der Waals surface area contributed by atoms with Crippen LogP contribution in [-0.4, -0.2) is 45.6 Å². The van der Waals surface area contributed by atoms with Crippen LogP contribution in [0, 0.1) is 13.8 Å². The van der Waals surface area contributed by atoms with E-state index in [1.165, 1.54) is 0 Å². The van der Waals surface area contributed by atoms with Gasteiger partial charge in [-0.3, -0.25) is 4.79 Å². The van der Waals surface area contributed by atoms with Gasteiger partial charge in [0, 0.05) is 5.69 Å². The number of aryl methyl sites for hydroxylation is 2. The maximum absolute atomic E-state index is 12.3. The summed E-state index contributed by atoms with van der Waals surface area (Å²) in [5.41, 5.74) is 2.25. The molecule has 1 aromatic heterocycles. The van der Waals surface area contributed by atoms with Crippen molar-refractivity contribution in [3.8, 4) is 0 Å². The Balaban J connectivity index is 1.96. The molecule has 0 spiro atoms. The highest BCUT2D eigenvalue weighted by atomic mass is 32.2. The van der Waals surface area contributed by atoms with Gasteiger partial charge in [0.2, 0.25) is 11.8 Å². The lowest BCUT2D eigenvalue weighted by atomic mass is 10.1. The number of hydrogen-bond donors (Lipinski definition) is 2. The molecule has 0 fully saturated rings. The molecule has 31 heavy (non-hydrogen) atoms. The number of thioether (sulfide) groups is 2. The zero-order valence-corrected chi connectivity index (χ0v) is 20.4. The zero-order chi connectivity index (χ0) is 23.0. The molecule has 1 unspecified atom stereocenters. The number of hydrogen-bond acceptors (Lipinski definition) is 8. The first kappa shape index (κ1) is 25.1. The van der Waals surface area contributed by atoms with Gasteiger partial charge in [0.1, 0.15) is 11.6 Å². The smallest absolute Gasteiger partial charge is 0.408 e. The van der Waals surface area contributed by atoms with Crippen molar-refractivity contribution < 1.29 is 18.7 Å². The van der Waals surface area contributed by atoms with Crippen molar-refractivity contribution in [3.63, 3.8) is 0 Å². The Morgan fingerprint density at radius 3 is 2.65 bits per heavy atom. The van der Waals surface area contributed by atoms with E-state index in [-0.39, 0.29) is 22.8 Å². The minimum absolute atomic E-state index is 0.129. The van der Waals surface area contributed by atoms with Crippen LogP contribution in [0.15, 0.2) is 27.8 Å². The maximum atomic E-state index is 12.3. The minimum atomic E-state index is -0.604. The number of amides is 2. The number of aromatic nitrogens is 2. The van der Waals surface area contributed by atoms with Gasteiger partial charge in [-0.15, -0.1) is 10.2 Å². The highest BCUT2D eigenvalue weighted by Crippen LogP contribution is 2.24. The maximum Gasteiger partial charge on any atom is 0.408 e. The number of benzene rings is 1. The molecule has 0 radical (unpaired) electrons. The Morgan fingerprint density at radius 1 is 1.23 bits per heavy atom. The van der Waals surface area contributed by atoms with E-state index >= 15 is 0 Å². The topological polar surface area (TPSA) is 106 Å². The summed E-state index contributed by atoms with van der Waals surface area (Å²) in [6.07, 6.45) is 2.05. The van der Waals surface area contributed by atoms with Crippen molar-refractivity contribution >= 4 is 41.2 Å². The molecule has 0 saturated heterocycles. The quantitative estimate of drug-likeness (QED) is 0.511. The van der Waals surface area contributed by atoms with Crippen molar-refractivity contribution in [2.24, 2.45) is 0 Å². The fourth-order valence-corrected chi connectivity index (χ4v) is 3.59. The number of alkyl carbamates (subject to hydrolysis) is 1. The largest absolute Gasteiger partial charge is 0.444 e. The molecule has 0 aliphatic heterocycles. The Morgan fingerprint density at radius 2 is 1.97 bits per heavy atom. The summed E-state index contributed by atoms with van der Waals surface area (Å²) in [6, 6.07) is 5.43. The van der Waals surface area contributed by atoms with Crippen LogP contribution in [0.4, 0.5) is 10.5 Å². The fraction of sp³-hybridized carbons (Fsp3) is 0.524. The first-order valence-corrected chi connectivity index (χ1v) is 12.3. The van der Waals surface area contributed by atoms with E-state index in [4.69, 9.17) is 9.15 Å². The molecule has 2 amide bonds. The van der Waals surface area contributed by atoms with E-state index in [2.05, 4.69) is 20.8 Å². The predicted molar refractivity (Wildman–Crippen MR) is 125 cm³/mol. The standard InChI is InChI=1S/C21H30N4O4S2/c1-13-7-8-14(2)16(11-13)22-17(26)12-31-20-25-24-18(28-20)15(9-10-30-6)23-19(27)29-21(3,4)5/h7-8,11,15H,9-10,12H2,1-6H3,(H,22,26)(H,23,27). The number of rotatable bonds is 9. The first-order chi connectivity index (χ1) is 14.6. The van der Waals surface area contributed by atoms with Gasteiger partial charge in [0.15, 0.2) is 0 Å². The molecule has 0 aliphatic rings. The molecule has 1 aromatic carbocycles. The van der Waals surface area contributed by atoms with Crippen molar-refractivity contribution in [2.75, 3.05) is 23.1 Å². The third-order valence-electron chi connectivity index (χ3n) is 4.02. The van der Waals surface area contributed by atoms with Gasteiger partial charge in [-0.05, 0) is 70.2 Å². The van der Waals surface area contributed by atoms with Gasteiger partial charge in [0.25, 0.3) is 5.22 Å². The van der Waals surface area contributed by atoms with E-state index in [9.17, 15) is 9.59 Å². The average Bonchev–Trinajstić information content (AvgIpc) is 3.14. The molecule has 1 heterocycles. The molecular formula is C21H30N4O4S2. The first-order valence-electron chi connectivity index (χ1n) is 9.89. The molecule has 8 nitrogen and oxygen atoms in total. The lowest BCUT2D eigenvalue weighted by molar-refractivity contribution is -0.113. The SMILES string of the molecule is CSCCC(NC(=O)OC(C)(C)C)c1nnc(SCC(=O)Nc2cc(C)ccc2C)o1. The summed E-state index contributed by atoms with van der Waals surface area (Å²) in [7, 11) is 0. The van der Waals surface area contributed by atoms with Crippen LogP contribution in [0.1, 0.15) is 50.3 Å². The second-order valence-electron chi connectivity index (χ2n) is 8.04. The van der Waals surface area contributed by atoms with Gasteiger partial charge >= 0.3 is 6.09 Å². The molecule has 2 N–H and O–H groups in total. The van der Waals surface area contributed by atoms with Crippen molar-refractivity contribution in [3.05, 3.63) is 35.2 Å². The summed E-state index contributed by atoms with van der Waals surface area (Å²) in [4.78, 5) is 24.5. The molecule has 10 heteroatoms. The molecule has 1 atom stereocenters. The van der Waals surface area contributed by atoms with Gasteiger partial charge in [-0.2, -0.15) is 11.8 Å². The highest BCUT2D eigenvalue weighted by molar-refractivity contribution is 7.99.